The van der Waals surface area contributed by atoms with Crippen LogP contribution in [0.15, 0.2) is 30.3 Å². The van der Waals surface area contributed by atoms with Crippen LogP contribution in [0.3, 0.4) is 0 Å². The van der Waals surface area contributed by atoms with E-state index in [0.717, 1.165) is 10.4 Å². The van der Waals surface area contributed by atoms with Gasteiger partial charge in [0.05, 0.1) is 18.1 Å². The molecule has 160 valence electrons. The van der Waals surface area contributed by atoms with E-state index in [-0.39, 0.29) is 41.5 Å². The number of rotatable bonds is 8. The highest BCUT2D eigenvalue weighted by atomic mass is 32.1. The van der Waals surface area contributed by atoms with Crippen molar-refractivity contribution in [3.05, 3.63) is 35.9 Å². The number of carbonyl (C=O) groups is 2. The Bertz CT molecular complexity index is 775. The molecule has 0 unspecified atom stereocenters. The van der Waals surface area contributed by atoms with Crippen molar-refractivity contribution in [2.45, 2.75) is 64.9 Å². The van der Waals surface area contributed by atoms with Gasteiger partial charge in [-0.05, 0) is 30.6 Å². The average Bonchev–Trinajstić information content (AvgIpc) is 2.61. The van der Waals surface area contributed by atoms with Gasteiger partial charge in [-0.15, -0.1) is 0 Å². The topological polar surface area (TPSA) is 66.8 Å². The predicted octanol–water partition coefficient (Wildman–Crippen LogP) is 4.36. The third-order valence-corrected chi connectivity index (χ3v) is 11.6. The normalized spacial score (nSPS) is 22.0. The van der Waals surface area contributed by atoms with Crippen LogP contribution in [-0.2, 0) is 14.0 Å². The van der Waals surface area contributed by atoms with Crippen LogP contribution in [0, 0.1) is 11.8 Å². The van der Waals surface area contributed by atoms with E-state index in [4.69, 9.17) is 16.6 Å². The SMILES string of the molecule is C[C@H](C(=S)c1ccccc1)[C@@H]1[C@@H]([C@@H](C)O[Si](C)(C)C(C)(C)C)C(=O)N1CC(=O)O. The van der Waals surface area contributed by atoms with Crippen LogP contribution in [-0.4, -0.2) is 53.8 Å². The summed E-state index contributed by atoms with van der Waals surface area (Å²) in [5, 5.41) is 9.31. The zero-order valence-corrected chi connectivity index (χ0v) is 20.2. The number of carboxylic acid groups (broad SMARTS) is 1. The monoisotopic (exact) mass is 435 g/mol. The molecule has 1 saturated heterocycles. The van der Waals surface area contributed by atoms with E-state index in [1.807, 2.05) is 44.2 Å². The van der Waals surface area contributed by atoms with Gasteiger partial charge in [0, 0.05) is 10.8 Å². The molecule has 4 atom stereocenters. The second kappa shape index (κ2) is 8.66. The molecule has 1 aliphatic rings. The Kier molecular flexibility index (Phi) is 7.08. The first-order valence-electron chi connectivity index (χ1n) is 10.1. The van der Waals surface area contributed by atoms with Gasteiger partial charge < -0.3 is 14.4 Å². The van der Waals surface area contributed by atoms with Crippen LogP contribution in [0.25, 0.3) is 0 Å². The second-order valence-corrected chi connectivity index (χ2v) is 14.7. The van der Waals surface area contributed by atoms with Crippen LogP contribution >= 0.6 is 12.2 Å². The van der Waals surface area contributed by atoms with E-state index in [2.05, 4.69) is 33.9 Å². The minimum absolute atomic E-state index is 0.0231. The molecule has 0 saturated carbocycles. The lowest BCUT2D eigenvalue weighted by atomic mass is 9.74. The fraction of sp³-hybridized carbons (Fsp3) is 0.591. The molecule has 1 aromatic rings. The Hall–Kier alpha value is -1.57. The highest BCUT2D eigenvalue weighted by Crippen LogP contribution is 2.42. The molecule has 1 N–H and O–H groups in total. The van der Waals surface area contributed by atoms with Crippen molar-refractivity contribution in [2.75, 3.05) is 6.54 Å². The van der Waals surface area contributed by atoms with Crippen LogP contribution < -0.4 is 0 Å². The standard InChI is InChI=1S/C22H33NO4SSi/c1-14(20(28)16-11-9-8-10-12-16)19-18(21(26)23(19)13-17(24)25)15(2)27-29(6,7)22(3,4)5/h8-12,14-15,18-19H,13H2,1-7H3,(H,24,25)/t14-,15+,18+,19+/m0/s1. The third-order valence-electron chi connectivity index (χ3n) is 6.38. The van der Waals surface area contributed by atoms with Gasteiger partial charge in [0.1, 0.15) is 6.54 Å². The molecule has 0 spiro atoms. The Balaban J connectivity index is 2.29. The number of β-lactam (4-membered cyclic amide) rings is 1. The number of carboxylic acids is 1. The molecule has 29 heavy (non-hydrogen) atoms. The number of hydrogen-bond acceptors (Lipinski definition) is 4. The zero-order valence-electron chi connectivity index (χ0n) is 18.4. The van der Waals surface area contributed by atoms with Gasteiger partial charge in [-0.3, -0.25) is 9.59 Å². The molecule has 0 bridgehead atoms. The molecule has 0 radical (unpaired) electrons. The fourth-order valence-corrected chi connectivity index (χ4v) is 5.42. The molecule has 1 fully saturated rings. The lowest BCUT2D eigenvalue weighted by Crippen LogP contribution is -2.69. The molecular weight excluding hydrogens is 402 g/mol. The van der Waals surface area contributed by atoms with Crippen molar-refractivity contribution in [3.63, 3.8) is 0 Å². The molecule has 1 aliphatic heterocycles. The first kappa shape index (κ1) is 23.7. The first-order chi connectivity index (χ1) is 13.3. The molecule has 1 aromatic carbocycles. The zero-order chi connectivity index (χ0) is 22.1. The molecule has 0 aromatic heterocycles. The Morgan fingerprint density at radius 3 is 2.28 bits per heavy atom. The maximum atomic E-state index is 12.9. The Labute approximate surface area is 180 Å². The van der Waals surface area contributed by atoms with Gasteiger partial charge in [0.25, 0.3) is 0 Å². The summed E-state index contributed by atoms with van der Waals surface area (Å²) in [5.41, 5.74) is 0.932. The van der Waals surface area contributed by atoms with Crippen LogP contribution in [0.5, 0.6) is 0 Å². The van der Waals surface area contributed by atoms with E-state index >= 15 is 0 Å². The summed E-state index contributed by atoms with van der Waals surface area (Å²) < 4.78 is 6.50. The lowest BCUT2D eigenvalue weighted by Gasteiger charge is -2.53. The van der Waals surface area contributed by atoms with Crippen molar-refractivity contribution in [2.24, 2.45) is 11.8 Å². The van der Waals surface area contributed by atoms with Crippen LogP contribution in [0.1, 0.15) is 40.2 Å². The molecule has 1 heterocycles. The molecule has 5 nitrogen and oxygen atoms in total. The minimum Gasteiger partial charge on any atom is -0.480 e. The summed E-state index contributed by atoms with van der Waals surface area (Å²) in [6.45, 7) is 14.4. The van der Waals surface area contributed by atoms with Crippen molar-refractivity contribution in [1.29, 1.82) is 0 Å². The summed E-state index contributed by atoms with van der Waals surface area (Å²) in [6.07, 6.45) is -0.292. The summed E-state index contributed by atoms with van der Waals surface area (Å²) >= 11 is 5.72. The first-order valence-corrected chi connectivity index (χ1v) is 13.4. The lowest BCUT2D eigenvalue weighted by molar-refractivity contribution is -0.170. The number of thiocarbonyl (C=S) groups is 1. The van der Waals surface area contributed by atoms with E-state index in [1.165, 1.54) is 4.90 Å². The van der Waals surface area contributed by atoms with Gasteiger partial charge in [-0.1, -0.05) is 70.2 Å². The summed E-state index contributed by atoms with van der Waals surface area (Å²) in [7, 11) is -2.07. The highest BCUT2D eigenvalue weighted by Gasteiger charge is 2.55. The van der Waals surface area contributed by atoms with Crippen LogP contribution in [0.2, 0.25) is 18.1 Å². The number of hydrogen-bond donors (Lipinski definition) is 1. The fourth-order valence-electron chi connectivity index (χ4n) is 3.72. The van der Waals surface area contributed by atoms with E-state index in [0.29, 0.717) is 0 Å². The maximum absolute atomic E-state index is 12.9. The molecule has 1 amide bonds. The van der Waals surface area contributed by atoms with Gasteiger partial charge in [-0.2, -0.15) is 0 Å². The minimum atomic E-state index is -2.07. The van der Waals surface area contributed by atoms with E-state index < -0.39 is 14.3 Å². The Morgan fingerprint density at radius 1 is 1.24 bits per heavy atom. The van der Waals surface area contributed by atoms with Gasteiger partial charge in [0.15, 0.2) is 8.32 Å². The number of aliphatic carboxylic acids is 1. The highest BCUT2D eigenvalue weighted by molar-refractivity contribution is 7.80. The molecule has 0 aliphatic carbocycles. The quantitative estimate of drug-likeness (QED) is 0.284. The van der Waals surface area contributed by atoms with Gasteiger partial charge >= 0.3 is 5.97 Å². The third kappa shape index (κ3) is 4.95. The average molecular weight is 436 g/mol. The van der Waals surface area contributed by atoms with Crippen LogP contribution in [0.4, 0.5) is 0 Å². The smallest absolute Gasteiger partial charge is 0.323 e. The predicted molar refractivity (Wildman–Crippen MR) is 122 cm³/mol. The van der Waals surface area contributed by atoms with Gasteiger partial charge in [0.2, 0.25) is 5.91 Å². The van der Waals surface area contributed by atoms with Crippen molar-refractivity contribution in [1.82, 2.24) is 4.90 Å². The summed E-state index contributed by atoms with van der Waals surface area (Å²) in [5.74, 6) is -1.72. The summed E-state index contributed by atoms with van der Waals surface area (Å²) in [4.78, 5) is 26.4. The largest absolute Gasteiger partial charge is 0.480 e. The second-order valence-electron chi connectivity index (χ2n) is 9.48. The van der Waals surface area contributed by atoms with E-state index in [9.17, 15) is 14.7 Å². The molecule has 2 rings (SSSR count). The number of benzene rings is 1. The van der Waals surface area contributed by atoms with Crippen molar-refractivity contribution in [3.8, 4) is 0 Å². The van der Waals surface area contributed by atoms with Crippen molar-refractivity contribution < 1.29 is 19.1 Å². The number of carbonyl (C=O) groups excluding carboxylic acids is 1. The van der Waals surface area contributed by atoms with Gasteiger partial charge in [-0.25, -0.2) is 0 Å². The number of amides is 1. The Morgan fingerprint density at radius 2 is 1.79 bits per heavy atom. The summed E-state index contributed by atoms with van der Waals surface area (Å²) in [6, 6.07) is 9.40. The number of nitrogens with zero attached hydrogens (tertiary/aromatic N) is 1. The maximum Gasteiger partial charge on any atom is 0.323 e. The molecule has 7 heteroatoms. The molecular formula is C22H33NO4SSi. The number of likely N-dealkylation sites (tertiary alicyclic amines) is 1. The van der Waals surface area contributed by atoms with E-state index in [1.54, 1.807) is 0 Å². The van der Waals surface area contributed by atoms with Crippen molar-refractivity contribution >= 4 is 37.3 Å².